The summed E-state index contributed by atoms with van der Waals surface area (Å²) in [5.41, 5.74) is 3.72. The van der Waals surface area contributed by atoms with Crippen LogP contribution in [0.2, 0.25) is 0 Å². The van der Waals surface area contributed by atoms with Crippen LogP contribution in [0.15, 0.2) is 30.3 Å². The average Bonchev–Trinajstić information content (AvgIpc) is 2.56. The summed E-state index contributed by atoms with van der Waals surface area (Å²) in [5.74, 6) is -2.95. The molecule has 0 bridgehead atoms. The van der Waals surface area contributed by atoms with Crippen molar-refractivity contribution in [1.29, 1.82) is 0 Å². The fraction of sp³-hybridized carbons (Fsp3) is 0.400. The van der Waals surface area contributed by atoms with Gasteiger partial charge < -0.3 is 0 Å². The van der Waals surface area contributed by atoms with Crippen LogP contribution in [-0.4, -0.2) is 0 Å². The van der Waals surface area contributed by atoms with Crippen molar-refractivity contribution in [3.8, 4) is 11.1 Å². The lowest BCUT2D eigenvalue weighted by molar-refractivity contribution is 0.413. The molecular formula is C20H21F3. The highest BCUT2D eigenvalue weighted by atomic mass is 19.2. The van der Waals surface area contributed by atoms with Gasteiger partial charge in [0.1, 0.15) is 0 Å². The second-order valence-electron chi connectivity index (χ2n) is 6.49. The normalized spacial score (nSPS) is 17.1. The monoisotopic (exact) mass is 318 g/mol. The molecule has 1 aliphatic rings. The number of aryl methyl sites for hydroxylation is 1. The molecule has 0 N–H and O–H groups in total. The van der Waals surface area contributed by atoms with E-state index in [4.69, 9.17) is 0 Å². The summed E-state index contributed by atoms with van der Waals surface area (Å²) in [7, 11) is 0. The number of benzene rings is 2. The van der Waals surface area contributed by atoms with Gasteiger partial charge in [-0.15, -0.1) is 0 Å². The minimum absolute atomic E-state index is 0.386. The molecule has 23 heavy (non-hydrogen) atoms. The molecule has 122 valence electrons. The summed E-state index contributed by atoms with van der Waals surface area (Å²) in [4.78, 5) is 0. The molecule has 0 nitrogen and oxygen atoms in total. The zero-order valence-electron chi connectivity index (χ0n) is 13.3. The maximum Gasteiger partial charge on any atom is 0.194 e. The van der Waals surface area contributed by atoms with E-state index >= 15 is 0 Å². The standard InChI is InChI=1S/C20H21F3/c1-2-3-4-13-5-6-15-10-16(8-7-14(15)9-13)17-11-18(21)20(23)19(22)12-17/h7-8,10-13H,2-6,9H2,1H3. The Bertz CT molecular complexity index is 683. The van der Waals surface area contributed by atoms with Crippen molar-refractivity contribution in [2.45, 2.75) is 45.4 Å². The highest BCUT2D eigenvalue weighted by molar-refractivity contribution is 5.65. The lowest BCUT2D eigenvalue weighted by atomic mass is 9.80. The van der Waals surface area contributed by atoms with Crippen LogP contribution < -0.4 is 0 Å². The molecule has 0 fully saturated rings. The van der Waals surface area contributed by atoms with E-state index in [0.717, 1.165) is 36.5 Å². The van der Waals surface area contributed by atoms with Crippen LogP contribution in [0.4, 0.5) is 13.2 Å². The molecule has 0 saturated heterocycles. The van der Waals surface area contributed by atoms with Gasteiger partial charge in [-0.2, -0.15) is 0 Å². The third-order valence-corrected chi connectivity index (χ3v) is 4.82. The van der Waals surface area contributed by atoms with Crippen molar-refractivity contribution in [3.63, 3.8) is 0 Å². The fourth-order valence-electron chi connectivity index (χ4n) is 3.47. The van der Waals surface area contributed by atoms with E-state index in [1.54, 1.807) is 0 Å². The van der Waals surface area contributed by atoms with Gasteiger partial charge in [0.25, 0.3) is 0 Å². The molecule has 0 aromatic heterocycles. The minimum Gasteiger partial charge on any atom is -0.204 e. The van der Waals surface area contributed by atoms with Gasteiger partial charge in [-0.1, -0.05) is 44.4 Å². The predicted octanol–water partition coefficient (Wildman–Crippen LogP) is 6.07. The van der Waals surface area contributed by atoms with Crippen molar-refractivity contribution >= 4 is 0 Å². The third kappa shape index (κ3) is 3.44. The molecule has 0 heterocycles. The number of hydrogen-bond acceptors (Lipinski definition) is 0. The summed E-state index contributed by atoms with van der Waals surface area (Å²) < 4.78 is 39.9. The molecule has 0 amide bonds. The van der Waals surface area contributed by atoms with Crippen molar-refractivity contribution in [1.82, 2.24) is 0 Å². The Hall–Kier alpha value is -1.77. The van der Waals surface area contributed by atoms with Gasteiger partial charge in [0.15, 0.2) is 17.5 Å². The van der Waals surface area contributed by atoms with Crippen LogP contribution in [0.1, 0.15) is 43.7 Å². The van der Waals surface area contributed by atoms with E-state index in [9.17, 15) is 13.2 Å². The van der Waals surface area contributed by atoms with Crippen molar-refractivity contribution in [2.24, 2.45) is 5.92 Å². The highest BCUT2D eigenvalue weighted by Crippen LogP contribution is 2.32. The Labute approximate surface area is 135 Å². The van der Waals surface area contributed by atoms with Crippen LogP contribution in [0.5, 0.6) is 0 Å². The predicted molar refractivity (Wildman–Crippen MR) is 86.8 cm³/mol. The molecule has 3 rings (SSSR count). The molecule has 1 atom stereocenters. The zero-order valence-corrected chi connectivity index (χ0v) is 13.3. The highest BCUT2D eigenvalue weighted by Gasteiger charge is 2.19. The molecular weight excluding hydrogens is 297 g/mol. The molecule has 0 spiro atoms. The first-order valence-corrected chi connectivity index (χ1v) is 8.35. The Balaban J connectivity index is 1.85. The Morgan fingerprint density at radius 3 is 2.39 bits per heavy atom. The second-order valence-corrected chi connectivity index (χ2v) is 6.49. The van der Waals surface area contributed by atoms with Gasteiger partial charge >= 0.3 is 0 Å². The number of unbranched alkanes of at least 4 members (excludes halogenated alkanes) is 1. The number of halogens is 3. The maximum atomic E-state index is 13.4. The molecule has 3 heteroatoms. The van der Waals surface area contributed by atoms with Gasteiger partial charge in [0.2, 0.25) is 0 Å². The molecule has 0 aliphatic heterocycles. The smallest absolute Gasteiger partial charge is 0.194 e. The van der Waals surface area contributed by atoms with Crippen LogP contribution >= 0.6 is 0 Å². The first kappa shape index (κ1) is 16.1. The van der Waals surface area contributed by atoms with Gasteiger partial charge in [0, 0.05) is 0 Å². The van der Waals surface area contributed by atoms with Crippen LogP contribution in [0.25, 0.3) is 11.1 Å². The molecule has 2 aromatic rings. The van der Waals surface area contributed by atoms with E-state index in [1.165, 1.54) is 36.8 Å². The van der Waals surface area contributed by atoms with E-state index < -0.39 is 17.5 Å². The van der Waals surface area contributed by atoms with Gasteiger partial charge in [-0.3, -0.25) is 0 Å². The SMILES string of the molecule is CCCCC1CCc2cc(-c3cc(F)c(F)c(F)c3)ccc2C1. The molecule has 0 radical (unpaired) electrons. The lowest BCUT2D eigenvalue weighted by Crippen LogP contribution is -2.14. The zero-order chi connectivity index (χ0) is 16.4. The van der Waals surface area contributed by atoms with Gasteiger partial charge in [-0.05, 0) is 59.6 Å². The van der Waals surface area contributed by atoms with E-state index in [0.29, 0.717) is 5.56 Å². The summed E-state index contributed by atoms with van der Waals surface area (Å²) in [6, 6.07) is 8.06. The van der Waals surface area contributed by atoms with Crippen LogP contribution in [0.3, 0.4) is 0 Å². The average molecular weight is 318 g/mol. The topological polar surface area (TPSA) is 0 Å². The molecule has 0 saturated carbocycles. The van der Waals surface area contributed by atoms with E-state index in [2.05, 4.69) is 13.0 Å². The Kier molecular flexibility index (Phi) is 4.74. The first-order chi connectivity index (χ1) is 11.1. The van der Waals surface area contributed by atoms with Crippen molar-refractivity contribution in [2.75, 3.05) is 0 Å². The number of rotatable bonds is 4. The molecule has 2 aromatic carbocycles. The van der Waals surface area contributed by atoms with E-state index in [-0.39, 0.29) is 0 Å². The summed E-state index contributed by atoms with van der Waals surface area (Å²) in [5, 5.41) is 0. The Morgan fingerprint density at radius 1 is 0.957 bits per heavy atom. The van der Waals surface area contributed by atoms with Crippen LogP contribution in [0, 0.1) is 23.4 Å². The summed E-state index contributed by atoms with van der Waals surface area (Å²) in [6.45, 7) is 2.21. The fourth-order valence-corrected chi connectivity index (χ4v) is 3.47. The van der Waals surface area contributed by atoms with Crippen molar-refractivity contribution in [3.05, 3.63) is 58.9 Å². The number of fused-ring (bicyclic) bond motifs is 1. The van der Waals surface area contributed by atoms with Crippen LogP contribution in [-0.2, 0) is 12.8 Å². The largest absolute Gasteiger partial charge is 0.204 e. The maximum absolute atomic E-state index is 13.4. The minimum atomic E-state index is -1.41. The summed E-state index contributed by atoms with van der Waals surface area (Å²) in [6.07, 6.45) is 7.02. The summed E-state index contributed by atoms with van der Waals surface area (Å²) >= 11 is 0. The molecule has 1 aliphatic carbocycles. The Morgan fingerprint density at radius 2 is 1.70 bits per heavy atom. The van der Waals surface area contributed by atoms with Gasteiger partial charge in [-0.25, -0.2) is 13.2 Å². The lowest BCUT2D eigenvalue weighted by Gasteiger charge is -2.25. The first-order valence-electron chi connectivity index (χ1n) is 8.35. The second kappa shape index (κ2) is 6.77. The van der Waals surface area contributed by atoms with Gasteiger partial charge in [0.05, 0.1) is 0 Å². The van der Waals surface area contributed by atoms with Crippen molar-refractivity contribution < 1.29 is 13.2 Å². The quantitative estimate of drug-likeness (QED) is 0.601. The number of hydrogen-bond donors (Lipinski definition) is 0. The third-order valence-electron chi connectivity index (χ3n) is 4.82. The van der Waals surface area contributed by atoms with E-state index in [1.807, 2.05) is 12.1 Å². The molecule has 1 unspecified atom stereocenters.